The summed E-state index contributed by atoms with van der Waals surface area (Å²) >= 11 is 0. The molecule has 0 aliphatic rings. The van der Waals surface area contributed by atoms with Crippen LogP contribution in [0.25, 0.3) is 0 Å². The Morgan fingerprint density at radius 2 is 1.86 bits per heavy atom. The van der Waals surface area contributed by atoms with Crippen LogP contribution < -0.4 is 0 Å². The van der Waals surface area contributed by atoms with Crippen LogP contribution in [0.3, 0.4) is 0 Å². The predicted molar refractivity (Wildman–Crippen MR) is 64.6 cm³/mol. The smallest absolute Gasteiger partial charge is 0.234 e. The van der Waals surface area contributed by atoms with E-state index in [4.69, 9.17) is 7.98 Å². The van der Waals surface area contributed by atoms with Crippen molar-refractivity contribution < 1.29 is 0 Å². The third kappa shape index (κ3) is 3.52. The summed E-state index contributed by atoms with van der Waals surface area (Å²) in [6.07, 6.45) is 11.0. The molecule has 0 aliphatic carbocycles. The first-order valence-corrected chi connectivity index (χ1v) is 4.50. The molecule has 0 spiro atoms. The molecule has 0 aromatic carbocycles. The van der Waals surface area contributed by atoms with Gasteiger partial charge in [-0.3, -0.25) is 0 Å². The summed E-state index contributed by atoms with van der Waals surface area (Å²) in [7, 11) is 5.88. The SMILES string of the molecule is [B]N(/C(C=C)=C/C=C)C(/C=C\C)=C/C. The number of allylic oxidation sites excluding steroid dienone is 6. The summed E-state index contributed by atoms with van der Waals surface area (Å²) in [6, 6.07) is 0. The standard InChI is InChI=1S/C12H16BN/c1-5-9-11(7-3)14(13)12(8-4)10-6-2/h5-10H,1,3H2,2,4H3/b10-6-,11-9+,12-8+. The van der Waals surface area contributed by atoms with E-state index in [-0.39, 0.29) is 0 Å². The molecule has 0 bridgehead atoms. The molecule has 1 nitrogen and oxygen atoms in total. The highest BCUT2D eigenvalue weighted by Crippen LogP contribution is 2.11. The van der Waals surface area contributed by atoms with Gasteiger partial charge in [0.1, 0.15) is 0 Å². The third-order valence-electron chi connectivity index (χ3n) is 1.69. The highest BCUT2D eigenvalue weighted by Gasteiger charge is 2.01. The van der Waals surface area contributed by atoms with E-state index in [1.165, 1.54) is 0 Å². The van der Waals surface area contributed by atoms with Crippen molar-refractivity contribution in [2.45, 2.75) is 13.8 Å². The highest BCUT2D eigenvalue weighted by molar-refractivity contribution is 6.07. The number of nitrogens with zero attached hydrogens (tertiary/aromatic N) is 1. The van der Waals surface area contributed by atoms with Crippen LogP contribution in [0.15, 0.2) is 61.0 Å². The maximum atomic E-state index is 5.88. The molecule has 0 rings (SSSR count). The average Bonchev–Trinajstić information content (AvgIpc) is 2.21. The van der Waals surface area contributed by atoms with Crippen molar-refractivity contribution in [3.05, 3.63) is 61.0 Å². The van der Waals surface area contributed by atoms with E-state index in [0.717, 1.165) is 11.4 Å². The van der Waals surface area contributed by atoms with Gasteiger partial charge < -0.3 is 4.81 Å². The number of hydrogen-bond donors (Lipinski definition) is 0. The van der Waals surface area contributed by atoms with E-state index in [0.29, 0.717) is 0 Å². The lowest BCUT2D eigenvalue weighted by Gasteiger charge is -2.22. The molecule has 0 fully saturated rings. The molecule has 0 N–H and O–H groups in total. The summed E-state index contributed by atoms with van der Waals surface area (Å²) < 4.78 is 0. The lowest BCUT2D eigenvalue weighted by atomic mass is 10.1. The maximum absolute atomic E-state index is 5.88. The fraction of sp³-hybridized carbons (Fsp3) is 0.167. The Balaban J connectivity index is 4.89. The Kier molecular flexibility index (Phi) is 6.30. The second-order valence-electron chi connectivity index (χ2n) is 2.61. The van der Waals surface area contributed by atoms with Gasteiger partial charge in [-0.25, -0.2) is 0 Å². The zero-order chi connectivity index (χ0) is 11.0. The quantitative estimate of drug-likeness (QED) is 0.469. The Hall–Kier alpha value is -1.44. The van der Waals surface area contributed by atoms with Crippen LogP contribution in [0, 0.1) is 0 Å². The van der Waals surface area contributed by atoms with E-state index in [1.807, 2.05) is 32.1 Å². The summed E-state index contributed by atoms with van der Waals surface area (Å²) in [5, 5.41) is 0. The summed E-state index contributed by atoms with van der Waals surface area (Å²) in [6.45, 7) is 11.2. The Labute approximate surface area is 88.2 Å². The fourth-order valence-corrected chi connectivity index (χ4v) is 1.00. The molecule has 0 saturated heterocycles. The summed E-state index contributed by atoms with van der Waals surface area (Å²) in [5.74, 6) is 0. The molecule has 2 heteroatoms. The molecule has 0 aliphatic heterocycles. The van der Waals surface area contributed by atoms with Crippen molar-refractivity contribution in [2.75, 3.05) is 0 Å². The normalized spacial score (nSPS) is 13.0. The zero-order valence-corrected chi connectivity index (χ0v) is 8.90. The van der Waals surface area contributed by atoms with Gasteiger partial charge in [-0.2, -0.15) is 0 Å². The van der Waals surface area contributed by atoms with Crippen LogP contribution in [0.2, 0.25) is 0 Å². The van der Waals surface area contributed by atoms with E-state index in [9.17, 15) is 0 Å². The van der Waals surface area contributed by atoms with Gasteiger partial charge in [-0.1, -0.05) is 31.4 Å². The van der Waals surface area contributed by atoms with E-state index >= 15 is 0 Å². The van der Waals surface area contributed by atoms with Gasteiger partial charge in [0.05, 0.1) is 0 Å². The molecule has 2 radical (unpaired) electrons. The molecule has 0 amide bonds. The molecule has 0 saturated carbocycles. The van der Waals surface area contributed by atoms with Crippen molar-refractivity contribution in [3.63, 3.8) is 0 Å². The summed E-state index contributed by atoms with van der Waals surface area (Å²) in [5.41, 5.74) is 1.73. The van der Waals surface area contributed by atoms with Gasteiger partial charge in [0.25, 0.3) is 0 Å². The van der Waals surface area contributed by atoms with Gasteiger partial charge in [-0.05, 0) is 32.1 Å². The molecular weight excluding hydrogens is 169 g/mol. The van der Waals surface area contributed by atoms with Crippen LogP contribution in [0.4, 0.5) is 0 Å². The highest BCUT2D eigenvalue weighted by atomic mass is 15.0. The van der Waals surface area contributed by atoms with Gasteiger partial charge in [-0.15, -0.1) is 0 Å². The predicted octanol–water partition coefficient (Wildman–Crippen LogP) is 3.11. The third-order valence-corrected chi connectivity index (χ3v) is 1.69. The maximum Gasteiger partial charge on any atom is 0.234 e. The molecule has 0 atom stereocenters. The van der Waals surface area contributed by atoms with Crippen molar-refractivity contribution in [3.8, 4) is 0 Å². The van der Waals surface area contributed by atoms with Gasteiger partial charge in [0, 0.05) is 11.4 Å². The lowest BCUT2D eigenvalue weighted by molar-refractivity contribution is 0.726. The van der Waals surface area contributed by atoms with Crippen LogP contribution in [0.5, 0.6) is 0 Å². The lowest BCUT2D eigenvalue weighted by Crippen LogP contribution is -2.16. The Morgan fingerprint density at radius 3 is 2.21 bits per heavy atom. The zero-order valence-electron chi connectivity index (χ0n) is 8.90. The molecule has 0 aromatic heterocycles. The van der Waals surface area contributed by atoms with Crippen molar-refractivity contribution in [1.82, 2.24) is 4.81 Å². The Morgan fingerprint density at radius 1 is 1.21 bits per heavy atom. The first-order chi connectivity index (χ1) is 6.71. The molecule has 0 aromatic rings. The van der Waals surface area contributed by atoms with Crippen LogP contribution in [-0.4, -0.2) is 12.8 Å². The molecule has 0 unspecified atom stereocenters. The molecule has 0 heterocycles. The minimum absolute atomic E-state index is 0.811. The molecular formula is C12H16BN. The molecule has 72 valence electrons. The second kappa shape index (κ2) is 7.02. The van der Waals surface area contributed by atoms with Crippen LogP contribution in [0.1, 0.15) is 13.8 Å². The van der Waals surface area contributed by atoms with Gasteiger partial charge in [0.2, 0.25) is 7.98 Å². The largest absolute Gasteiger partial charge is 0.398 e. The first-order valence-electron chi connectivity index (χ1n) is 4.50. The average molecular weight is 185 g/mol. The van der Waals surface area contributed by atoms with Crippen molar-refractivity contribution >= 4 is 7.98 Å². The van der Waals surface area contributed by atoms with Gasteiger partial charge >= 0.3 is 0 Å². The minimum atomic E-state index is 0.811. The van der Waals surface area contributed by atoms with E-state index < -0.39 is 0 Å². The minimum Gasteiger partial charge on any atom is -0.398 e. The van der Waals surface area contributed by atoms with Crippen molar-refractivity contribution in [1.29, 1.82) is 0 Å². The fourth-order valence-electron chi connectivity index (χ4n) is 1.00. The van der Waals surface area contributed by atoms with Crippen molar-refractivity contribution in [2.24, 2.45) is 0 Å². The number of hydrogen-bond acceptors (Lipinski definition) is 1. The van der Waals surface area contributed by atoms with E-state index in [2.05, 4.69) is 13.2 Å². The number of rotatable bonds is 5. The topological polar surface area (TPSA) is 3.24 Å². The van der Waals surface area contributed by atoms with Crippen LogP contribution >= 0.6 is 0 Å². The second-order valence-corrected chi connectivity index (χ2v) is 2.61. The van der Waals surface area contributed by atoms with Gasteiger partial charge in [0.15, 0.2) is 0 Å². The first kappa shape index (κ1) is 12.6. The summed E-state index contributed by atoms with van der Waals surface area (Å²) in [4.78, 5) is 1.56. The van der Waals surface area contributed by atoms with E-state index in [1.54, 1.807) is 23.0 Å². The van der Waals surface area contributed by atoms with Crippen LogP contribution in [-0.2, 0) is 0 Å². The molecule has 14 heavy (non-hydrogen) atoms. The monoisotopic (exact) mass is 185 g/mol. The Bertz CT molecular complexity index is 285.